The molecule has 88 valence electrons. The molecule has 18 heavy (non-hydrogen) atoms. The van der Waals surface area contributed by atoms with E-state index in [0.29, 0.717) is 5.71 Å². The van der Waals surface area contributed by atoms with Gasteiger partial charge in [0, 0.05) is 23.5 Å². The lowest BCUT2D eigenvalue weighted by atomic mass is 10.0. The molecule has 0 radical (unpaired) electrons. The maximum absolute atomic E-state index is 8.32. The first-order valence-corrected chi connectivity index (χ1v) is 6.59. The van der Waals surface area contributed by atoms with Crippen molar-refractivity contribution in [2.24, 2.45) is 0 Å². The second-order valence-corrected chi connectivity index (χ2v) is 4.87. The van der Waals surface area contributed by atoms with E-state index in [1.165, 1.54) is 0 Å². The van der Waals surface area contributed by atoms with E-state index in [2.05, 4.69) is 4.57 Å². The molecule has 3 aromatic rings. The summed E-state index contributed by atoms with van der Waals surface area (Å²) in [5, 5.41) is 11.4. The molecule has 0 saturated heterocycles. The van der Waals surface area contributed by atoms with Crippen LogP contribution in [-0.2, 0) is 0 Å². The number of hydrogen-bond acceptors (Lipinski definition) is 2. The Hall–Kier alpha value is -2.13. The molecule has 0 spiro atoms. The molecule has 2 aromatic heterocycles. The summed E-state index contributed by atoms with van der Waals surface area (Å²) in [6.45, 7) is 0. The number of benzene rings is 1. The molecule has 0 saturated carbocycles. The van der Waals surface area contributed by atoms with Crippen molar-refractivity contribution in [3.63, 3.8) is 0 Å². The second-order valence-electron chi connectivity index (χ2n) is 3.97. The summed E-state index contributed by atoms with van der Waals surface area (Å²) >= 11 is 1.65. The first-order chi connectivity index (χ1) is 8.86. The van der Waals surface area contributed by atoms with Gasteiger partial charge in [-0.1, -0.05) is 30.3 Å². The molecular formula is C15H12N2S. The molecule has 3 rings (SSSR count). The van der Waals surface area contributed by atoms with Crippen molar-refractivity contribution in [3.05, 3.63) is 77.4 Å². The number of thiophene rings is 1. The highest BCUT2D eigenvalue weighted by atomic mass is 32.1. The Kier molecular flexibility index (Phi) is 2.82. The predicted octanol–water partition coefficient (Wildman–Crippen LogP) is 3.95. The Morgan fingerprint density at radius 3 is 2.39 bits per heavy atom. The SMILES string of the molecule is N=C(c1ccccc1)c1ccsc1-n1cccc1. The highest BCUT2D eigenvalue weighted by molar-refractivity contribution is 7.13. The molecule has 1 aromatic carbocycles. The van der Waals surface area contributed by atoms with E-state index in [1.807, 2.05) is 66.3 Å². The Labute approximate surface area is 110 Å². The Morgan fingerprint density at radius 2 is 1.67 bits per heavy atom. The predicted molar refractivity (Wildman–Crippen MR) is 76.0 cm³/mol. The smallest absolute Gasteiger partial charge is 0.108 e. The fourth-order valence-electron chi connectivity index (χ4n) is 1.92. The molecule has 0 aliphatic carbocycles. The number of aromatic nitrogens is 1. The summed E-state index contributed by atoms with van der Waals surface area (Å²) in [4.78, 5) is 0. The van der Waals surface area contributed by atoms with Crippen LogP contribution < -0.4 is 0 Å². The van der Waals surface area contributed by atoms with Gasteiger partial charge in [-0.3, -0.25) is 5.41 Å². The average molecular weight is 252 g/mol. The molecule has 3 heteroatoms. The zero-order chi connectivity index (χ0) is 12.4. The van der Waals surface area contributed by atoms with Gasteiger partial charge in [0.15, 0.2) is 0 Å². The summed E-state index contributed by atoms with van der Waals surface area (Å²) in [6, 6.07) is 15.8. The molecule has 0 aliphatic heterocycles. The fourth-order valence-corrected chi connectivity index (χ4v) is 2.80. The van der Waals surface area contributed by atoms with Crippen LogP contribution in [0.5, 0.6) is 0 Å². The zero-order valence-corrected chi connectivity index (χ0v) is 10.5. The minimum Gasteiger partial charge on any atom is -0.315 e. The third-order valence-electron chi connectivity index (χ3n) is 2.82. The number of nitrogens with one attached hydrogen (secondary N) is 1. The summed E-state index contributed by atoms with van der Waals surface area (Å²) in [5.74, 6) is 0. The van der Waals surface area contributed by atoms with E-state index in [0.717, 1.165) is 16.1 Å². The summed E-state index contributed by atoms with van der Waals surface area (Å²) in [5.41, 5.74) is 2.49. The van der Waals surface area contributed by atoms with E-state index in [1.54, 1.807) is 11.3 Å². The Bertz CT molecular complexity index is 651. The van der Waals surface area contributed by atoms with Crippen molar-refractivity contribution in [3.8, 4) is 5.00 Å². The first kappa shape index (κ1) is 11.0. The van der Waals surface area contributed by atoms with E-state index in [4.69, 9.17) is 5.41 Å². The fraction of sp³-hybridized carbons (Fsp3) is 0. The van der Waals surface area contributed by atoms with Crippen LogP contribution in [0.4, 0.5) is 0 Å². The molecule has 2 heterocycles. The van der Waals surface area contributed by atoms with Gasteiger partial charge in [-0.15, -0.1) is 11.3 Å². The van der Waals surface area contributed by atoms with Gasteiger partial charge in [-0.05, 0) is 23.6 Å². The van der Waals surface area contributed by atoms with Crippen LogP contribution in [0.15, 0.2) is 66.3 Å². The van der Waals surface area contributed by atoms with Gasteiger partial charge in [0.05, 0.1) is 5.71 Å². The minimum absolute atomic E-state index is 0.570. The lowest BCUT2D eigenvalue weighted by Gasteiger charge is -2.06. The van der Waals surface area contributed by atoms with Gasteiger partial charge in [-0.25, -0.2) is 0 Å². The summed E-state index contributed by atoms with van der Waals surface area (Å²) < 4.78 is 2.05. The molecule has 0 bridgehead atoms. The monoisotopic (exact) mass is 252 g/mol. The van der Waals surface area contributed by atoms with Crippen molar-refractivity contribution in [1.29, 1.82) is 5.41 Å². The molecule has 0 atom stereocenters. The van der Waals surface area contributed by atoms with Gasteiger partial charge in [-0.2, -0.15) is 0 Å². The highest BCUT2D eigenvalue weighted by Gasteiger charge is 2.11. The topological polar surface area (TPSA) is 28.8 Å². The third kappa shape index (κ3) is 1.89. The zero-order valence-electron chi connectivity index (χ0n) is 9.71. The van der Waals surface area contributed by atoms with Crippen LogP contribution in [0.25, 0.3) is 5.00 Å². The molecule has 0 fully saturated rings. The number of nitrogens with zero attached hydrogens (tertiary/aromatic N) is 1. The quantitative estimate of drug-likeness (QED) is 0.684. The molecular weight excluding hydrogens is 240 g/mol. The number of rotatable bonds is 3. The van der Waals surface area contributed by atoms with E-state index < -0.39 is 0 Å². The van der Waals surface area contributed by atoms with Crippen molar-refractivity contribution in [2.75, 3.05) is 0 Å². The van der Waals surface area contributed by atoms with Crippen LogP contribution >= 0.6 is 11.3 Å². The third-order valence-corrected chi connectivity index (χ3v) is 3.74. The number of hydrogen-bond donors (Lipinski definition) is 1. The summed E-state index contributed by atoms with van der Waals surface area (Å²) in [7, 11) is 0. The Balaban J connectivity index is 2.04. The van der Waals surface area contributed by atoms with Gasteiger partial charge in [0.2, 0.25) is 0 Å². The van der Waals surface area contributed by atoms with Gasteiger partial charge in [0.25, 0.3) is 0 Å². The molecule has 0 unspecified atom stereocenters. The van der Waals surface area contributed by atoms with Crippen molar-refractivity contribution in [2.45, 2.75) is 0 Å². The van der Waals surface area contributed by atoms with Crippen LogP contribution in [0.1, 0.15) is 11.1 Å². The standard InChI is InChI=1S/C15H12N2S/c16-14(12-6-2-1-3-7-12)13-8-11-18-15(13)17-9-4-5-10-17/h1-11,16H. The molecule has 0 aliphatic rings. The van der Waals surface area contributed by atoms with Crippen LogP contribution in [0.2, 0.25) is 0 Å². The minimum atomic E-state index is 0.570. The summed E-state index contributed by atoms with van der Waals surface area (Å²) in [6.07, 6.45) is 4.02. The lowest BCUT2D eigenvalue weighted by molar-refractivity contribution is 1.11. The van der Waals surface area contributed by atoms with Gasteiger partial charge >= 0.3 is 0 Å². The maximum atomic E-state index is 8.32. The first-order valence-electron chi connectivity index (χ1n) is 5.71. The van der Waals surface area contributed by atoms with Crippen molar-refractivity contribution >= 4 is 17.0 Å². The lowest BCUT2D eigenvalue weighted by Crippen LogP contribution is -2.03. The van der Waals surface area contributed by atoms with Gasteiger partial charge in [0.1, 0.15) is 5.00 Å². The molecule has 2 nitrogen and oxygen atoms in total. The molecule has 0 amide bonds. The van der Waals surface area contributed by atoms with Gasteiger partial charge < -0.3 is 4.57 Å². The average Bonchev–Trinajstić information content (AvgIpc) is 3.09. The highest BCUT2D eigenvalue weighted by Crippen LogP contribution is 2.24. The normalized spacial score (nSPS) is 10.4. The maximum Gasteiger partial charge on any atom is 0.108 e. The van der Waals surface area contributed by atoms with Crippen molar-refractivity contribution in [1.82, 2.24) is 4.57 Å². The van der Waals surface area contributed by atoms with Crippen LogP contribution in [0, 0.1) is 5.41 Å². The second kappa shape index (κ2) is 4.63. The van der Waals surface area contributed by atoms with Crippen LogP contribution in [-0.4, -0.2) is 10.3 Å². The molecule has 1 N–H and O–H groups in total. The Morgan fingerprint density at radius 1 is 0.944 bits per heavy atom. The van der Waals surface area contributed by atoms with E-state index >= 15 is 0 Å². The van der Waals surface area contributed by atoms with E-state index in [-0.39, 0.29) is 0 Å². The van der Waals surface area contributed by atoms with E-state index in [9.17, 15) is 0 Å². The largest absolute Gasteiger partial charge is 0.315 e. The van der Waals surface area contributed by atoms with Crippen LogP contribution in [0.3, 0.4) is 0 Å². The van der Waals surface area contributed by atoms with Crippen molar-refractivity contribution < 1.29 is 0 Å².